The highest BCUT2D eigenvalue weighted by atomic mass is 16.1. The van der Waals surface area contributed by atoms with E-state index >= 15 is 0 Å². The average Bonchev–Trinajstić information content (AvgIpc) is 3.33. The molecule has 2 unspecified atom stereocenters. The smallest absolute Gasteiger partial charge is 0.167 e. The van der Waals surface area contributed by atoms with Crippen LogP contribution in [-0.4, -0.2) is 5.78 Å². The van der Waals surface area contributed by atoms with Gasteiger partial charge in [-0.2, -0.15) is 0 Å². The molecule has 29 heavy (non-hydrogen) atoms. The molecular weight excluding hydrogens is 352 g/mol. The molecule has 0 heterocycles. The van der Waals surface area contributed by atoms with Crippen LogP contribution in [0, 0.1) is 5.92 Å². The Morgan fingerprint density at radius 1 is 0.655 bits per heavy atom. The summed E-state index contributed by atoms with van der Waals surface area (Å²) >= 11 is 0. The minimum Gasteiger partial charge on any atom is -0.294 e. The summed E-state index contributed by atoms with van der Waals surface area (Å²) in [6.45, 7) is 0. The van der Waals surface area contributed by atoms with Crippen molar-refractivity contribution in [3.63, 3.8) is 0 Å². The molecule has 6 rings (SSSR count). The van der Waals surface area contributed by atoms with Gasteiger partial charge in [0.1, 0.15) is 0 Å². The Hall–Kier alpha value is -3.45. The Kier molecular flexibility index (Phi) is 3.57. The van der Waals surface area contributed by atoms with Gasteiger partial charge in [0.05, 0.1) is 0 Å². The van der Waals surface area contributed by atoms with Crippen molar-refractivity contribution < 1.29 is 4.79 Å². The Morgan fingerprint density at radius 2 is 1.31 bits per heavy atom. The second-order valence-corrected chi connectivity index (χ2v) is 8.04. The van der Waals surface area contributed by atoms with Crippen LogP contribution >= 0.6 is 0 Å². The fraction of sp³-hybridized carbons (Fsp3) is 0.107. The van der Waals surface area contributed by atoms with Gasteiger partial charge in [-0.3, -0.25) is 4.79 Å². The van der Waals surface area contributed by atoms with Gasteiger partial charge in [-0.1, -0.05) is 84.9 Å². The molecule has 138 valence electrons. The fourth-order valence-electron chi connectivity index (χ4n) is 5.19. The quantitative estimate of drug-likeness (QED) is 0.374. The van der Waals surface area contributed by atoms with Crippen LogP contribution in [0.5, 0.6) is 0 Å². The lowest BCUT2D eigenvalue weighted by atomic mass is 9.84. The van der Waals surface area contributed by atoms with Gasteiger partial charge in [0, 0.05) is 17.4 Å². The molecule has 0 saturated heterocycles. The Labute approximate surface area is 170 Å². The SMILES string of the molecule is O=C1c2cc3ccccc3cc2C2C(c3ccccc3-c3ccccc3)=CCC12. The summed E-state index contributed by atoms with van der Waals surface area (Å²) in [6, 6.07) is 31.8. The summed E-state index contributed by atoms with van der Waals surface area (Å²) in [5.74, 6) is 0.506. The van der Waals surface area contributed by atoms with Gasteiger partial charge in [-0.25, -0.2) is 0 Å². The highest BCUT2D eigenvalue weighted by molar-refractivity contribution is 6.10. The van der Waals surface area contributed by atoms with Crippen LogP contribution in [0.2, 0.25) is 0 Å². The number of rotatable bonds is 2. The first-order chi connectivity index (χ1) is 14.3. The number of Topliss-reactive ketones (excluding diaryl/α,β-unsaturated/α-hetero) is 1. The van der Waals surface area contributed by atoms with Crippen molar-refractivity contribution in [3.05, 3.63) is 114 Å². The maximum absolute atomic E-state index is 13.2. The van der Waals surface area contributed by atoms with Gasteiger partial charge >= 0.3 is 0 Å². The van der Waals surface area contributed by atoms with Crippen molar-refractivity contribution >= 4 is 22.1 Å². The van der Waals surface area contributed by atoms with Gasteiger partial charge < -0.3 is 0 Å². The second kappa shape index (κ2) is 6.28. The molecule has 0 spiro atoms. The third-order valence-electron chi connectivity index (χ3n) is 6.51. The van der Waals surface area contributed by atoms with E-state index < -0.39 is 0 Å². The lowest BCUT2D eigenvalue weighted by Gasteiger charge is -2.19. The standard InChI is InChI=1S/C28H20O/c29-28-24-15-14-23(22-13-7-6-12-21(22)18-8-2-1-3-9-18)27(24)25-16-19-10-4-5-11-20(19)17-26(25)28/h1-14,16-17,24,27H,15H2. The monoisotopic (exact) mass is 372 g/mol. The van der Waals surface area contributed by atoms with E-state index in [4.69, 9.17) is 0 Å². The Balaban J connectivity index is 1.53. The topological polar surface area (TPSA) is 17.1 Å². The molecule has 4 aromatic carbocycles. The summed E-state index contributed by atoms with van der Waals surface area (Å²) in [6.07, 6.45) is 3.13. The molecule has 0 bridgehead atoms. The van der Waals surface area contributed by atoms with Crippen LogP contribution in [0.3, 0.4) is 0 Å². The summed E-state index contributed by atoms with van der Waals surface area (Å²) in [5, 5.41) is 2.36. The van der Waals surface area contributed by atoms with E-state index in [2.05, 4.69) is 84.9 Å². The van der Waals surface area contributed by atoms with Gasteiger partial charge in [-0.15, -0.1) is 0 Å². The van der Waals surface area contributed by atoms with Crippen LogP contribution in [0.25, 0.3) is 27.5 Å². The van der Waals surface area contributed by atoms with Crippen LogP contribution < -0.4 is 0 Å². The minimum absolute atomic E-state index is 0.0423. The van der Waals surface area contributed by atoms with E-state index in [9.17, 15) is 4.79 Å². The molecule has 2 atom stereocenters. The lowest BCUT2D eigenvalue weighted by molar-refractivity contribution is 0.0936. The fourth-order valence-corrected chi connectivity index (χ4v) is 5.19. The van der Waals surface area contributed by atoms with Crippen LogP contribution in [0.4, 0.5) is 0 Å². The van der Waals surface area contributed by atoms with Gasteiger partial charge in [-0.05, 0) is 57.2 Å². The van der Waals surface area contributed by atoms with Crippen molar-refractivity contribution in [1.82, 2.24) is 0 Å². The number of ketones is 1. The van der Waals surface area contributed by atoms with E-state index in [-0.39, 0.29) is 11.8 Å². The normalized spacial score (nSPS) is 19.9. The zero-order chi connectivity index (χ0) is 19.4. The summed E-state index contributed by atoms with van der Waals surface area (Å²) in [5.41, 5.74) is 7.13. The number of allylic oxidation sites excluding steroid dienone is 2. The predicted molar refractivity (Wildman–Crippen MR) is 119 cm³/mol. The number of hydrogen-bond donors (Lipinski definition) is 0. The number of fused-ring (bicyclic) bond motifs is 4. The maximum atomic E-state index is 13.2. The maximum Gasteiger partial charge on any atom is 0.167 e. The molecule has 0 aliphatic heterocycles. The first-order valence-corrected chi connectivity index (χ1v) is 10.2. The largest absolute Gasteiger partial charge is 0.294 e. The van der Waals surface area contributed by atoms with Gasteiger partial charge in [0.25, 0.3) is 0 Å². The summed E-state index contributed by atoms with van der Waals surface area (Å²) in [4.78, 5) is 13.2. The number of hydrogen-bond acceptors (Lipinski definition) is 1. The van der Waals surface area contributed by atoms with Gasteiger partial charge in [0.2, 0.25) is 0 Å². The zero-order valence-corrected chi connectivity index (χ0v) is 16.0. The molecule has 2 aliphatic carbocycles. The highest BCUT2D eigenvalue weighted by Gasteiger charge is 2.44. The molecule has 4 aromatic rings. The number of benzene rings is 4. The summed E-state index contributed by atoms with van der Waals surface area (Å²) in [7, 11) is 0. The third kappa shape index (κ3) is 2.44. The van der Waals surface area contributed by atoms with Crippen molar-refractivity contribution in [2.75, 3.05) is 0 Å². The molecule has 1 heteroatoms. The van der Waals surface area contributed by atoms with E-state index in [1.807, 2.05) is 12.1 Å². The van der Waals surface area contributed by atoms with E-state index in [1.54, 1.807) is 0 Å². The number of carbonyl (C=O) groups excluding carboxylic acids is 1. The highest BCUT2D eigenvalue weighted by Crippen LogP contribution is 2.53. The van der Waals surface area contributed by atoms with E-state index in [0.717, 1.165) is 17.4 Å². The van der Waals surface area contributed by atoms with Crippen LogP contribution in [0.15, 0.2) is 97.1 Å². The Bertz CT molecular complexity index is 1300. The molecule has 0 fully saturated rings. The molecule has 0 saturated carbocycles. The molecule has 1 nitrogen and oxygen atoms in total. The van der Waals surface area contributed by atoms with Crippen molar-refractivity contribution in [2.24, 2.45) is 5.92 Å². The van der Waals surface area contributed by atoms with Crippen LogP contribution in [-0.2, 0) is 0 Å². The average molecular weight is 372 g/mol. The van der Waals surface area contributed by atoms with Crippen molar-refractivity contribution in [1.29, 1.82) is 0 Å². The van der Waals surface area contributed by atoms with E-state index in [1.165, 1.54) is 33.2 Å². The third-order valence-corrected chi connectivity index (χ3v) is 6.51. The van der Waals surface area contributed by atoms with Crippen LogP contribution in [0.1, 0.15) is 33.8 Å². The van der Waals surface area contributed by atoms with E-state index in [0.29, 0.717) is 5.78 Å². The first kappa shape index (κ1) is 16.5. The molecule has 2 aliphatic rings. The van der Waals surface area contributed by atoms with Crippen molar-refractivity contribution in [2.45, 2.75) is 12.3 Å². The predicted octanol–water partition coefficient (Wildman–Crippen LogP) is 6.89. The lowest BCUT2D eigenvalue weighted by Crippen LogP contribution is -2.09. The first-order valence-electron chi connectivity index (χ1n) is 10.2. The molecular formula is C28H20O. The Morgan fingerprint density at radius 3 is 2.10 bits per heavy atom. The number of carbonyl (C=O) groups is 1. The summed E-state index contributed by atoms with van der Waals surface area (Å²) < 4.78 is 0. The molecule has 0 amide bonds. The van der Waals surface area contributed by atoms with Gasteiger partial charge in [0.15, 0.2) is 5.78 Å². The van der Waals surface area contributed by atoms with Crippen molar-refractivity contribution in [3.8, 4) is 11.1 Å². The molecule has 0 N–H and O–H groups in total. The zero-order valence-electron chi connectivity index (χ0n) is 16.0. The molecule has 0 aromatic heterocycles. The minimum atomic E-state index is 0.0423. The molecule has 0 radical (unpaired) electrons. The second-order valence-electron chi connectivity index (χ2n) is 8.04.